The van der Waals surface area contributed by atoms with E-state index in [4.69, 9.17) is 0 Å². The first-order chi connectivity index (χ1) is 14.8. The SMILES string of the molecule is Cn1c(SCC(=O)N2CCC(c3ccccc3)=N2)nnc1-c1ccc(C(C)(C)C)cc1. The van der Waals surface area contributed by atoms with Crippen LogP contribution in [0.15, 0.2) is 64.9 Å². The molecule has 0 saturated heterocycles. The van der Waals surface area contributed by atoms with Gasteiger partial charge in [0.05, 0.1) is 18.0 Å². The molecule has 7 heteroatoms. The van der Waals surface area contributed by atoms with Gasteiger partial charge in [-0.3, -0.25) is 4.79 Å². The van der Waals surface area contributed by atoms with E-state index in [1.54, 1.807) is 5.01 Å². The molecule has 0 atom stereocenters. The molecule has 2 aromatic carbocycles. The van der Waals surface area contributed by atoms with E-state index >= 15 is 0 Å². The number of amides is 1. The number of carbonyl (C=O) groups is 1. The molecule has 160 valence electrons. The molecule has 3 aromatic rings. The lowest BCUT2D eigenvalue weighted by Crippen LogP contribution is -2.25. The van der Waals surface area contributed by atoms with Gasteiger partial charge in [-0.2, -0.15) is 5.10 Å². The maximum absolute atomic E-state index is 12.7. The number of hydrogen-bond donors (Lipinski definition) is 0. The number of thioether (sulfide) groups is 1. The van der Waals surface area contributed by atoms with Crippen molar-refractivity contribution in [3.8, 4) is 11.4 Å². The van der Waals surface area contributed by atoms with Crippen LogP contribution in [0.25, 0.3) is 11.4 Å². The van der Waals surface area contributed by atoms with Gasteiger partial charge in [0.2, 0.25) is 0 Å². The van der Waals surface area contributed by atoms with Gasteiger partial charge >= 0.3 is 0 Å². The Morgan fingerprint density at radius 3 is 2.39 bits per heavy atom. The summed E-state index contributed by atoms with van der Waals surface area (Å²) in [6.45, 7) is 7.21. The second-order valence-corrected chi connectivity index (χ2v) is 9.60. The van der Waals surface area contributed by atoms with E-state index in [9.17, 15) is 4.79 Å². The summed E-state index contributed by atoms with van der Waals surface area (Å²) < 4.78 is 1.94. The standard InChI is InChI=1S/C24H27N5OS/c1-24(2,3)19-12-10-18(11-13-19)22-25-26-23(28(22)4)31-16-21(30)29-15-14-20(27-29)17-8-6-5-7-9-17/h5-13H,14-16H2,1-4H3. The predicted molar refractivity (Wildman–Crippen MR) is 125 cm³/mol. The molecule has 0 unspecified atom stereocenters. The average molecular weight is 434 g/mol. The molecule has 0 radical (unpaired) electrons. The highest BCUT2D eigenvalue weighted by molar-refractivity contribution is 7.99. The summed E-state index contributed by atoms with van der Waals surface area (Å²) in [6.07, 6.45) is 0.777. The highest BCUT2D eigenvalue weighted by atomic mass is 32.2. The summed E-state index contributed by atoms with van der Waals surface area (Å²) in [7, 11) is 1.93. The van der Waals surface area contributed by atoms with Crippen molar-refractivity contribution < 1.29 is 4.79 Å². The smallest absolute Gasteiger partial charge is 0.253 e. The summed E-state index contributed by atoms with van der Waals surface area (Å²) in [5.74, 6) is 1.05. The zero-order chi connectivity index (χ0) is 22.0. The second-order valence-electron chi connectivity index (χ2n) is 8.66. The first-order valence-electron chi connectivity index (χ1n) is 10.4. The Labute approximate surface area is 187 Å². The molecule has 1 aliphatic rings. The van der Waals surface area contributed by atoms with E-state index in [0.29, 0.717) is 6.54 Å². The summed E-state index contributed by atoms with van der Waals surface area (Å²) in [6, 6.07) is 18.4. The number of nitrogens with zero attached hydrogens (tertiary/aromatic N) is 5. The predicted octanol–water partition coefficient (Wildman–Crippen LogP) is 4.51. The third-order valence-electron chi connectivity index (χ3n) is 5.37. The van der Waals surface area contributed by atoms with Gasteiger partial charge in [-0.25, -0.2) is 5.01 Å². The lowest BCUT2D eigenvalue weighted by Gasteiger charge is -2.19. The van der Waals surface area contributed by atoms with Crippen molar-refractivity contribution in [2.45, 2.75) is 37.8 Å². The number of carbonyl (C=O) groups excluding carboxylic acids is 1. The number of benzene rings is 2. The molecule has 0 bridgehead atoms. The van der Waals surface area contributed by atoms with Crippen molar-refractivity contribution in [3.63, 3.8) is 0 Å². The largest absolute Gasteiger partial charge is 0.305 e. The van der Waals surface area contributed by atoms with Crippen LogP contribution in [0.5, 0.6) is 0 Å². The van der Waals surface area contributed by atoms with Crippen molar-refractivity contribution in [1.29, 1.82) is 0 Å². The van der Waals surface area contributed by atoms with Gasteiger partial charge in [-0.15, -0.1) is 10.2 Å². The summed E-state index contributed by atoms with van der Waals surface area (Å²) in [5, 5.41) is 15.4. The average Bonchev–Trinajstić information content (AvgIpc) is 3.39. The van der Waals surface area contributed by atoms with Gasteiger partial charge in [0.15, 0.2) is 11.0 Å². The van der Waals surface area contributed by atoms with Gasteiger partial charge < -0.3 is 4.57 Å². The monoisotopic (exact) mass is 433 g/mol. The minimum atomic E-state index is -0.0185. The number of aromatic nitrogens is 3. The summed E-state index contributed by atoms with van der Waals surface area (Å²) >= 11 is 1.39. The van der Waals surface area contributed by atoms with Crippen molar-refractivity contribution >= 4 is 23.4 Å². The lowest BCUT2D eigenvalue weighted by molar-refractivity contribution is -0.127. The van der Waals surface area contributed by atoms with Gasteiger partial charge in [-0.05, 0) is 16.5 Å². The Morgan fingerprint density at radius 2 is 1.71 bits per heavy atom. The maximum atomic E-state index is 12.7. The minimum Gasteiger partial charge on any atom is -0.305 e. The van der Waals surface area contributed by atoms with Crippen molar-refractivity contribution in [2.75, 3.05) is 12.3 Å². The van der Waals surface area contributed by atoms with Crippen LogP contribution in [0.2, 0.25) is 0 Å². The summed E-state index contributed by atoms with van der Waals surface area (Å²) in [5.41, 5.74) is 4.43. The molecule has 1 aromatic heterocycles. The molecule has 1 amide bonds. The van der Waals surface area contributed by atoms with Crippen LogP contribution in [0, 0.1) is 0 Å². The number of hydrazone groups is 1. The van der Waals surface area contributed by atoms with Crippen LogP contribution in [0.3, 0.4) is 0 Å². The summed E-state index contributed by atoms with van der Waals surface area (Å²) in [4.78, 5) is 12.7. The topological polar surface area (TPSA) is 63.4 Å². The van der Waals surface area contributed by atoms with E-state index in [1.807, 2.05) is 41.9 Å². The first-order valence-corrected chi connectivity index (χ1v) is 11.4. The molecule has 31 heavy (non-hydrogen) atoms. The van der Waals surface area contributed by atoms with E-state index in [2.05, 4.69) is 60.3 Å². The van der Waals surface area contributed by atoms with Gasteiger partial charge in [-0.1, -0.05) is 87.1 Å². The molecule has 0 fully saturated rings. The zero-order valence-electron chi connectivity index (χ0n) is 18.4. The lowest BCUT2D eigenvalue weighted by atomic mass is 9.87. The molecular weight excluding hydrogens is 406 g/mol. The molecular formula is C24H27N5OS. The third kappa shape index (κ3) is 4.71. The van der Waals surface area contributed by atoms with Gasteiger partial charge in [0.25, 0.3) is 5.91 Å². The highest BCUT2D eigenvalue weighted by Gasteiger charge is 2.22. The fraction of sp³-hybridized carbons (Fsp3) is 0.333. The highest BCUT2D eigenvalue weighted by Crippen LogP contribution is 2.27. The normalized spacial score (nSPS) is 14.1. The Morgan fingerprint density at radius 1 is 1.00 bits per heavy atom. The van der Waals surface area contributed by atoms with Crippen LogP contribution in [0.4, 0.5) is 0 Å². The Balaban J connectivity index is 1.40. The fourth-order valence-electron chi connectivity index (χ4n) is 3.48. The first kappa shape index (κ1) is 21.3. The third-order valence-corrected chi connectivity index (χ3v) is 6.37. The molecule has 4 rings (SSSR count). The van der Waals surface area contributed by atoms with E-state index in [-0.39, 0.29) is 17.1 Å². The molecule has 6 nitrogen and oxygen atoms in total. The van der Waals surface area contributed by atoms with Crippen LogP contribution in [-0.4, -0.2) is 43.7 Å². The maximum Gasteiger partial charge on any atom is 0.253 e. The minimum absolute atomic E-state index is 0.0185. The molecule has 0 spiro atoms. The van der Waals surface area contributed by atoms with Crippen LogP contribution < -0.4 is 0 Å². The van der Waals surface area contributed by atoms with E-state index in [0.717, 1.165) is 34.2 Å². The fourth-order valence-corrected chi connectivity index (χ4v) is 4.26. The van der Waals surface area contributed by atoms with Crippen LogP contribution in [0.1, 0.15) is 38.3 Å². The molecule has 0 saturated carbocycles. The molecule has 0 aliphatic carbocycles. The van der Waals surface area contributed by atoms with Crippen LogP contribution >= 0.6 is 11.8 Å². The van der Waals surface area contributed by atoms with Crippen molar-refractivity contribution in [1.82, 2.24) is 19.8 Å². The second kappa shape index (κ2) is 8.67. The zero-order valence-corrected chi connectivity index (χ0v) is 19.2. The Kier molecular flexibility index (Phi) is 5.96. The number of rotatable bonds is 5. The van der Waals surface area contributed by atoms with Crippen LogP contribution in [-0.2, 0) is 17.3 Å². The van der Waals surface area contributed by atoms with Gasteiger partial charge in [0, 0.05) is 19.0 Å². The van der Waals surface area contributed by atoms with Crippen molar-refractivity contribution in [3.05, 3.63) is 65.7 Å². The Hall–Kier alpha value is -2.93. The van der Waals surface area contributed by atoms with E-state index < -0.39 is 0 Å². The van der Waals surface area contributed by atoms with Gasteiger partial charge in [0.1, 0.15) is 0 Å². The van der Waals surface area contributed by atoms with E-state index in [1.165, 1.54) is 17.3 Å². The molecule has 0 N–H and O–H groups in total. The molecule has 2 heterocycles. The Bertz CT molecular complexity index is 1100. The quantitative estimate of drug-likeness (QED) is 0.556. The number of hydrogen-bond acceptors (Lipinski definition) is 5. The molecule has 1 aliphatic heterocycles. The van der Waals surface area contributed by atoms with Crippen molar-refractivity contribution in [2.24, 2.45) is 12.1 Å².